The van der Waals surface area contributed by atoms with Crippen molar-refractivity contribution in [2.45, 2.75) is 25.6 Å². The minimum Gasteiger partial charge on any atom is -0.406 e. The third-order valence-corrected chi connectivity index (χ3v) is 4.29. The number of alkyl halides is 3. The fourth-order valence-electron chi connectivity index (χ4n) is 2.19. The first kappa shape index (κ1) is 14.1. The minimum absolute atomic E-state index is 0.0945. The first-order valence-corrected chi connectivity index (χ1v) is 7.13. The molecule has 3 nitrogen and oxygen atoms in total. The summed E-state index contributed by atoms with van der Waals surface area (Å²) in [7, 11) is 0. The van der Waals surface area contributed by atoms with Gasteiger partial charge in [0.2, 0.25) is 0 Å². The standard InChI is InChI=1S/C14H10F3NO2S/c15-14(16,17)20-9-6-4-8(5-7-9)13-18-10-2-1-3-11(19)12(10)21-13/h4-7H,1-3H2. The summed E-state index contributed by atoms with van der Waals surface area (Å²) in [5, 5.41) is 0.647. The lowest BCUT2D eigenvalue weighted by atomic mass is 10.0. The lowest BCUT2D eigenvalue weighted by Gasteiger charge is -2.08. The molecule has 1 aliphatic rings. The van der Waals surface area contributed by atoms with Crippen LogP contribution in [-0.2, 0) is 6.42 Å². The van der Waals surface area contributed by atoms with Crippen molar-refractivity contribution in [2.75, 3.05) is 0 Å². The van der Waals surface area contributed by atoms with Crippen molar-refractivity contribution in [2.24, 2.45) is 0 Å². The van der Waals surface area contributed by atoms with Gasteiger partial charge in [0, 0.05) is 12.0 Å². The lowest BCUT2D eigenvalue weighted by molar-refractivity contribution is -0.274. The molecule has 0 radical (unpaired) electrons. The van der Waals surface area contributed by atoms with Crippen LogP contribution in [0.3, 0.4) is 0 Å². The van der Waals surface area contributed by atoms with Gasteiger partial charge in [-0.1, -0.05) is 0 Å². The van der Waals surface area contributed by atoms with E-state index in [1.807, 2.05) is 0 Å². The van der Waals surface area contributed by atoms with E-state index >= 15 is 0 Å². The SMILES string of the molecule is O=C1CCCc2nc(-c3ccc(OC(F)(F)F)cc3)sc21. The number of ketones is 1. The fraction of sp³-hybridized carbons (Fsp3) is 0.286. The molecule has 0 atom stereocenters. The molecule has 0 N–H and O–H groups in total. The van der Waals surface area contributed by atoms with Crippen LogP contribution in [0.15, 0.2) is 24.3 Å². The van der Waals surface area contributed by atoms with Crippen molar-refractivity contribution < 1.29 is 22.7 Å². The van der Waals surface area contributed by atoms with Gasteiger partial charge in [0.05, 0.1) is 10.6 Å². The normalized spacial score (nSPS) is 14.9. The monoisotopic (exact) mass is 313 g/mol. The van der Waals surface area contributed by atoms with Crippen LogP contribution >= 0.6 is 11.3 Å². The van der Waals surface area contributed by atoms with Crippen LogP contribution in [0, 0.1) is 0 Å². The fourth-order valence-corrected chi connectivity index (χ4v) is 3.28. The van der Waals surface area contributed by atoms with E-state index in [0.717, 1.165) is 18.5 Å². The van der Waals surface area contributed by atoms with E-state index in [0.29, 0.717) is 21.9 Å². The highest BCUT2D eigenvalue weighted by atomic mass is 32.1. The van der Waals surface area contributed by atoms with Gasteiger partial charge in [-0.05, 0) is 37.1 Å². The van der Waals surface area contributed by atoms with Crippen LogP contribution < -0.4 is 4.74 Å². The summed E-state index contributed by atoms with van der Waals surface area (Å²) in [6, 6.07) is 5.50. The van der Waals surface area contributed by atoms with Crippen LogP contribution in [0.5, 0.6) is 5.75 Å². The number of hydrogen-bond acceptors (Lipinski definition) is 4. The van der Waals surface area contributed by atoms with Gasteiger partial charge < -0.3 is 4.74 Å². The zero-order chi connectivity index (χ0) is 15.0. The highest BCUT2D eigenvalue weighted by Crippen LogP contribution is 2.33. The summed E-state index contributed by atoms with van der Waals surface area (Å²) in [5.41, 5.74) is 1.47. The zero-order valence-electron chi connectivity index (χ0n) is 10.7. The van der Waals surface area contributed by atoms with E-state index in [9.17, 15) is 18.0 Å². The zero-order valence-corrected chi connectivity index (χ0v) is 11.6. The van der Waals surface area contributed by atoms with Crippen LogP contribution in [0.4, 0.5) is 13.2 Å². The second-order valence-corrected chi connectivity index (χ2v) is 5.64. The number of fused-ring (bicyclic) bond motifs is 1. The average molecular weight is 313 g/mol. The number of halogens is 3. The first-order valence-electron chi connectivity index (χ1n) is 6.31. The van der Waals surface area contributed by atoms with Crippen molar-refractivity contribution in [3.63, 3.8) is 0 Å². The summed E-state index contributed by atoms with van der Waals surface area (Å²) in [6.45, 7) is 0. The Bertz CT molecular complexity index is 677. The van der Waals surface area contributed by atoms with Crippen molar-refractivity contribution in [3.8, 4) is 16.3 Å². The Morgan fingerprint density at radius 1 is 1.14 bits per heavy atom. The third kappa shape index (κ3) is 3.07. The van der Waals surface area contributed by atoms with Gasteiger partial charge in [0.1, 0.15) is 10.8 Å². The molecule has 110 valence electrons. The van der Waals surface area contributed by atoms with Gasteiger partial charge in [-0.25, -0.2) is 4.98 Å². The third-order valence-electron chi connectivity index (χ3n) is 3.10. The number of ether oxygens (including phenoxy) is 1. The van der Waals surface area contributed by atoms with E-state index in [1.54, 1.807) is 0 Å². The Morgan fingerprint density at radius 3 is 2.48 bits per heavy atom. The van der Waals surface area contributed by atoms with Crippen molar-refractivity contribution in [3.05, 3.63) is 34.8 Å². The smallest absolute Gasteiger partial charge is 0.406 e. The number of carbonyl (C=O) groups is 1. The molecule has 0 saturated heterocycles. The van der Waals surface area contributed by atoms with E-state index in [2.05, 4.69) is 9.72 Å². The Kier molecular flexibility index (Phi) is 3.44. The van der Waals surface area contributed by atoms with Gasteiger partial charge in [-0.3, -0.25) is 4.79 Å². The average Bonchev–Trinajstić information content (AvgIpc) is 2.83. The molecule has 3 rings (SSSR count). The Hall–Kier alpha value is -1.89. The maximum Gasteiger partial charge on any atom is 0.573 e. The summed E-state index contributed by atoms with van der Waals surface area (Å²) in [4.78, 5) is 16.8. The largest absolute Gasteiger partial charge is 0.573 e. The Morgan fingerprint density at radius 2 is 1.86 bits per heavy atom. The molecule has 0 saturated carbocycles. The van der Waals surface area contributed by atoms with E-state index < -0.39 is 6.36 Å². The van der Waals surface area contributed by atoms with Crippen LogP contribution in [0.2, 0.25) is 0 Å². The van der Waals surface area contributed by atoms with Crippen molar-refractivity contribution in [1.29, 1.82) is 0 Å². The van der Waals surface area contributed by atoms with Gasteiger partial charge in [-0.15, -0.1) is 24.5 Å². The molecular formula is C14H10F3NO2S. The number of thiazole rings is 1. The second kappa shape index (κ2) is 5.14. The number of aryl methyl sites for hydroxylation is 1. The molecule has 1 aromatic carbocycles. The molecule has 2 aromatic rings. The molecule has 7 heteroatoms. The number of nitrogens with zero attached hydrogens (tertiary/aromatic N) is 1. The van der Waals surface area contributed by atoms with Crippen LogP contribution in [0.1, 0.15) is 28.2 Å². The lowest BCUT2D eigenvalue weighted by Crippen LogP contribution is -2.16. The summed E-state index contributed by atoms with van der Waals surface area (Å²) in [5.74, 6) is -0.180. The molecule has 0 fully saturated rings. The maximum atomic E-state index is 12.1. The molecule has 1 aromatic heterocycles. The maximum absolute atomic E-state index is 12.1. The van der Waals surface area contributed by atoms with Gasteiger partial charge >= 0.3 is 6.36 Å². The Balaban J connectivity index is 1.86. The molecule has 0 bridgehead atoms. The molecule has 1 heterocycles. The second-order valence-electron chi connectivity index (χ2n) is 4.64. The number of rotatable bonds is 2. The predicted octanol–water partition coefficient (Wildman–Crippen LogP) is 4.23. The number of aromatic nitrogens is 1. The number of benzene rings is 1. The van der Waals surface area contributed by atoms with E-state index in [1.165, 1.54) is 35.6 Å². The van der Waals surface area contributed by atoms with Crippen molar-refractivity contribution >= 4 is 17.1 Å². The number of Topliss-reactive ketones (excluding diaryl/α,β-unsaturated/α-hetero) is 1. The Labute approximate surface area is 122 Å². The summed E-state index contributed by atoms with van der Waals surface area (Å²) >= 11 is 1.29. The topological polar surface area (TPSA) is 39.2 Å². The molecule has 21 heavy (non-hydrogen) atoms. The van der Waals surface area contributed by atoms with E-state index in [-0.39, 0.29) is 11.5 Å². The van der Waals surface area contributed by atoms with Gasteiger partial charge in [-0.2, -0.15) is 0 Å². The van der Waals surface area contributed by atoms with Crippen LogP contribution in [-0.4, -0.2) is 17.1 Å². The first-order chi connectivity index (χ1) is 9.92. The molecule has 1 aliphatic carbocycles. The molecule has 0 unspecified atom stereocenters. The quantitative estimate of drug-likeness (QED) is 0.833. The highest BCUT2D eigenvalue weighted by molar-refractivity contribution is 7.17. The molecule has 0 aliphatic heterocycles. The van der Waals surface area contributed by atoms with Crippen LogP contribution in [0.25, 0.3) is 10.6 Å². The highest BCUT2D eigenvalue weighted by Gasteiger charge is 2.31. The minimum atomic E-state index is -4.70. The number of carbonyl (C=O) groups excluding carboxylic acids is 1. The van der Waals surface area contributed by atoms with E-state index in [4.69, 9.17) is 0 Å². The summed E-state index contributed by atoms with van der Waals surface area (Å²) < 4.78 is 40.1. The van der Waals surface area contributed by atoms with Gasteiger partial charge in [0.15, 0.2) is 5.78 Å². The summed E-state index contributed by atoms with van der Waals surface area (Å²) in [6.07, 6.45) is -2.60. The molecule has 0 spiro atoms. The predicted molar refractivity (Wildman–Crippen MR) is 71.5 cm³/mol. The number of hydrogen-bond donors (Lipinski definition) is 0. The molecular weight excluding hydrogens is 303 g/mol. The van der Waals surface area contributed by atoms with Gasteiger partial charge in [0.25, 0.3) is 0 Å². The molecule has 0 amide bonds. The van der Waals surface area contributed by atoms with Crippen molar-refractivity contribution in [1.82, 2.24) is 4.98 Å².